The van der Waals surface area contributed by atoms with E-state index in [0.29, 0.717) is 0 Å². The summed E-state index contributed by atoms with van der Waals surface area (Å²) in [6.45, 7) is 3.92. The number of hydrogen-bond donors (Lipinski definition) is 2. The van der Waals surface area contributed by atoms with Gasteiger partial charge in [0.25, 0.3) is 0 Å². The topological polar surface area (TPSA) is 32.3 Å². The normalized spacial score (nSPS) is 18.6. The molecule has 0 amide bonds. The molecule has 4 rings (SSSR count). The summed E-state index contributed by atoms with van der Waals surface area (Å²) in [7, 11) is 0. The SMILES string of the molecule is CCCNCC#CCCC1(C2(O)c3ccccc3Sc3ccccc32)SCCCS1. The van der Waals surface area contributed by atoms with Gasteiger partial charge in [0, 0.05) is 27.3 Å². The molecule has 2 aliphatic heterocycles. The predicted octanol–water partition coefficient (Wildman–Crippen LogP) is 5.74. The maximum absolute atomic E-state index is 12.6. The molecule has 158 valence electrons. The van der Waals surface area contributed by atoms with Gasteiger partial charge in [-0.3, -0.25) is 0 Å². The first-order valence-electron chi connectivity index (χ1n) is 10.7. The number of aliphatic hydroxyl groups is 1. The average Bonchev–Trinajstić information content (AvgIpc) is 2.79. The van der Waals surface area contributed by atoms with Crippen LogP contribution in [0.4, 0.5) is 0 Å². The molecule has 1 fully saturated rings. The van der Waals surface area contributed by atoms with Crippen molar-refractivity contribution in [1.29, 1.82) is 0 Å². The molecule has 2 aromatic carbocycles. The van der Waals surface area contributed by atoms with Crippen molar-refractivity contribution >= 4 is 35.3 Å². The molecule has 1 saturated heterocycles. The van der Waals surface area contributed by atoms with Gasteiger partial charge in [-0.25, -0.2) is 0 Å². The first-order chi connectivity index (χ1) is 14.7. The summed E-state index contributed by atoms with van der Waals surface area (Å²) in [5, 5.41) is 16.0. The monoisotopic (exact) mass is 455 g/mol. The zero-order valence-corrected chi connectivity index (χ0v) is 19.9. The molecule has 2 aliphatic rings. The number of benzene rings is 2. The van der Waals surface area contributed by atoms with Gasteiger partial charge in [-0.1, -0.05) is 61.0 Å². The summed E-state index contributed by atoms with van der Waals surface area (Å²) in [4.78, 5) is 2.33. The largest absolute Gasteiger partial charge is 0.378 e. The highest BCUT2D eigenvalue weighted by Gasteiger charge is 2.56. The van der Waals surface area contributed by atoms with Gasteiger partial charge in [-0.2, -0.15) is 0 Å². The third-order valence-corrected chi connectivity index (χ3v) is 10.4. The maximum Gasteiger partial charge on any atom is 0.140 e. The molecule has 5 heteroatoms. The number of hydrogen-bond acceptors (Lipinski definition) is 5. The van der Waals surface area contributed by atoms with Gasteiger partial charge in [0.2, 0.25) is 0 Å². The molecule has 30 heavy (non-hydrogen) atoms. The van der Waals surface area contributed by atoms with E-state index >= 15 is 0 Å². The van der Waals surface area contributed by atoms with E-state index in [2.05, 4.69) is 72.6 Å². The van der Waals surface area contributed by atoms with Crippen LogP contribution in [0.2, 0.25) is 0 Å². The Balaban J connectivity index is 1.70. The Morgan fingerprint density at radius 1 is 0.967 bits per heavy atom. The molecule has 0 spiro atoms. The third-order valence-electron chi connectivity index (χ3n) is 5.63. The van der Waals surface area contributed by atoms with Crippen LogP contribution in [-0.4, -0.2) is 33.8 Å². The van der Waals surface area contributed by atoms with Gasteiger partial charge in [0.05, 0.1) is 10.6 Å². The lowest BCUT2D eigenvalue weighted by Gasteiger charge is -2.51. The van der Waals surface area contributed by atoms with Crippen molar-refractivity contribution in [3.63, 3.8) is 0 Å². The molecule has 0 aromatic heterocycles. The Bertz CT molecular complexity index is 882. The number of nitrogens with one attached hydrogen (secondary N) is 1. The van der Waals surface area contributed by atoms with Crippen molar-refractivity contribution in [3.05, 3.63) is 59.7 Å². The lowest BCUT2D eigenvalue weighted by atomic mass is 9.80. The second-order valence-corrected chi connectivity index (χ2v) is 11.8. The van der Waals surface area contributed by atoms with Crippen LogP contribution in [0.3, 0.4) is 0 Å². The summed E-state index contributed by atoms with van der Waals surface area (Å²) in [5.41, 5.74) is 1.07. The molecule has 0 radical (unpaired) electrons. The van der Waals surface area contributed by atoms with Gasteiger partial charge in [-0.05, 0) is 49.4 Å². The van der Waals surface area contributed by atoms with Crippen molar-refractivity contribution in [1.82, 2.24) is 5.32 Å². The Hall–Kier alpha value is -1.03. The van der Waals surface area contributed by atoms with E-state index < -0.39 is 5.60 Å². The predicted molar refractivity (Wildman–Crippen MR) is 132 cm³/mol. The van der Waals surface area contributed by atoms with Gasteiger partial charge in [-0.15, -0.1) is 29.4 Å². The van der Waals surface area contributed by atoms with E-state index in [4.69, 9.17) is 0 Å². The van der Waals surface area contributed by atoms with Crippen LogP contribution in [0.5, 0.6) is 0 Å². The highest BCUT2D eigenvalue weighted by Crippen LogP contribution is 2.62. The van der Waals surface area contributed by atoms with Crippen molar-refractivity contribution in [3.8, 4) is 11.8 Å². The van der Waals surface area contributed by atoms with Crippen LogP contribution < -0.4 is 5.32 Å². The van der Waals surface area contributed by atoms with Crippen LogP contribution in [-0.2, 0) is 5.60 Å². The molecule has 0 aliphatic carbocycles. The van der Waals surface area contributed by atoms with Crippen LogP contribution >= 0.6 is 35.3 Å². The first kappa shape index (κ1) is 22.2. The number of rotatable bonds is 6. The standard InChI is InChI=1S/C25H29NOS3/c1-2-16-26-17-9-3-8-15-24(28-18-10-19-29-24)25(27)20-11-4-6-13-22(20)30-23-14-7-5-12-21(23)25/h4-7,11-14,26-27H,2,8,10,15-19H2,1H3. The maximum atomic E-state index is 12.6. The van der Waals surface area contributed by atoms with Crippen LogP contribution in [0.25, 0.3) is 0 Å². The summed E-state index contributed by atoms with van der Waals surface area (Å²) in [6, 6.07) is 16.8. The summed E-state index contributed by atoms with van der Waals surface area (Å²) in [5.74, 6) is 8.79. The Kier molecular flexibility index (Phi) is 7.44. The van der Waals surface area contributed by atoms with Gasteiger partial charge < -0.3 is 10.4 Å². The fourth-order valence-corrected chi connectivity index (χ4v) is 8.98. The van der Waals surface area contributed by atoms with Crippen LogP contribution in [0.1, 0.15) is 43.7 Å². The highest BCUT2D eigenvalue weighted by molar-refractivity contribution is 8.18. The first-order valence-corrected chi connectivity index (χ1v) is 13.5. The lowest BCUT2D eigenvalue weighted by molar-refractivity contribution is 0.0578. The van der Waals surface area contributed by atoms with E-state index in [1.807, 2.05) is 23.5 Å². The molecule has 2 aromatic rings. The molecule has 0 unspecified atom stereocenters. The average molecular weight is 456 g/mol. The van der Waals surface area contributed by atoms with Crippen molar-refractivity contribution in [2.45, 2.75) is 52.1 Å². The minimum atomic E-state index is -1.02. The van der Waals surface area contributed by atoms with Gasteiger partial charge in [0.1, 0.15) is 5.60 Å². The van der Waals surface area contributed by atoms with Crippen LogP contribution in [0.15, 0.2) is 58.3 Å². The smallest absolute Gasteiger partial charge is 0.140 e. The van der Waals surface area contributed by atoms with Crippen LogP contribution in [0, 0.1) is 11.8 Å². The Morgan fingerprint density at radius 2 is 1.60 bits per heavy atom. The van der Waals surface area contributed by atoms with Crippen molar-refractivity contribution in [2.24, 2.45) is 0 Å². The molecular weight excluding hydrogens is 426 g/mol. The minimum Gasteiger partial charge on any atom is -0.378 e. The minimum absolute atomic E-state index is 0.329. The second kappa shape index (κ2) is 10.1. The van der Waals surface area contributed by atoms with Crippen molar-refractivity contribution in [2.75, 3.05) is 24.6 Å². The Labute approximate surface area is 193 Å². The number of fused-ring (bicyclic) bond motifs is 2. The van der Waals surface area contributed by atoms with E-state index in [1.54, 1.807) is 11.8 Å². The molecule has 2 nitrogen and oxygen atoms in total. The molecule has 0 atom stereocenters. The summed E-state index contributed by atoms with van der Waals surface area (Å²) in [6.07, 6.45) is 3.99. The lowest BCUT2D eigenvalue weighted by Crippen LogP contribution is -2.51. The molecular formula is C25H29NOS3. The van der Waals surface area contributed by atoms with Crippen molar-refractivity contribution < 1.29 is 5.11 Å². The molecule has 2 N–H and O–H groups in total. The van der Waals surface area contributed by atoms with E-state index in [1.165, 1.54) is 16.2 Å². The summed E-state index contributed by atoms with van der Waals surface area (Å²) >= 11 is 5.64. The third kappa shape index (κ3) is 4.18. The van der Waals surface area contributed by atoms with E-state index in [-0.39, 0.29) is 4.08 Å². The quantitative estimate of drug-likeness (QED) is 0.429. The van der Waals surface area contributed by atoms with E-state index in [9.17, 15) is 5.11 Å². The molecule has 0 saturated carbocycles. The molecule has 2 heterocycles. The zero-order chi connectivity index (χ0) is 20.9. The fraction of sp³-hybridized carbons (Fsp3) is 0.440. The van der Waals surface area contributed by atoms with Gasteiger partial charge >= 0.3 is 0 Å². The molecule has 0 bridgehead atoms. The fourth-order valence-electron chi connectivity index (χ4n) is 4.20. The summed E-state index contributed by atoms with van der Waals surface area (Å²) < 4.78 is -0.329. The number of thioether (sulfide) groups is 2. The second-order valence-electron chi connectivity index (χ2n) is 7.64. The highest BCUT2D eigenvalue weighted by atomic mass is 32.2. The Morgan fingerprint density at radius 3 is 2.23 bits per heavy atom. The van der Waals surface area contributed by atoms with Gasteiger partial charge in [0.15, 0.2) is 0 Å². The zero-order valence-electron chi connectivity index (χ0n) is 17.4. The van der Waals surface area contributed by atoms with E-state index in [0.717, 1.165) is 55.0 Å².